The zero-order chi connectivity index (χ0) is 18.9. The molecule has 0 unspecified atom stereocenters. The number of ether oxygens (including phenoxy) is 2. The first-order valence-electron chi connectivity index (χ1n) is 8.97. The molecule has 1 aliphatic heterocycles. The molecule has 1 aliphatic rings. The normalized spacial score (nSPS) is 12.6. The van der Waals surface area contributed by atoms with Gasteiger partial charge in [0.1, 0.15) is 12.2 Å². The van der Waals surface area contributed by atoms with E-state index >= 15 is 0 Å². The average molecular weight is 375 g/mol. The van der Waals surface area contributed by atoms with Crippen molar-refractivity contribution in [2.45, 2.75) is 19.5 Å². The van der Waals surface area contributed by atoms with Crippen molar-refractivity contribution in [2.24, 2.45) is 0 Å². The number of aromatic nitrogens is 5. The van der Waals surface area contributed by atoms with Crippen LogP contribution in [-0.2, 0) is 19.5 Å². The number of nitrogens with zero attached hydrogens (tertiary/aromatic N) is 5. The molecule has 140 valence electrons. The van der Waals surface area contributed by atoms with E-state index < -0.39 is 0 Å². The highest BCUT2D eigenvalue weighted by molar-refractivity contribution is 5.76. The van der Waals surface area contributed by atoms with Crippen LogP contribution in [0.1, 0.15) is 11.4 Å². The van der Waals surface area contributed by atoms with Crippen LogP contribution in [-0.4, -0.2) is 31.1 Å². The number of hydrogen-bond donors (Lipinski definition) is 0. The third-order valence-corrected chi connectivity index (χ3v) is 4.77. The maximum absolute atomic E-state index is 12.6. The third kappa shape index (κ3) is 2.98. The molecule has 0 bridgehead atoms. The molecule has 0 saturated carbocycles. The Morgan fingerprint density at radius 1 is 1.04 bits per heavy atom. The molecular formula is C20H17N5O3. The lowest BCUT2D eigenvalue weighted by molar-refractivity contribution is 0.174. The minimum absolute atomic E-state index is 0.0487. The van der Waals surface area contributed by atoms with E-state index in [9.17, 15) is 4.79 Å². The predicted molar refractivity (Wildman–Crippen MR) is 101 cm³/mol. The highest BCUT2D eigenvalue weighted by atomic mass is 16.7. The molecule has 3 heterocycles. The van der Waals surface area contributed by atoms with Gasteiger partial charge in [0.2, 0.25) is 6.79 Å². The molecule has 0 atom stereocenters. The van der Waals surface area contributed by atoms with Crippen LogP contribution in [0.5, 0.6) is 11.5 Å². The summed E-state index contributed by atoms with van der Waals surface area (Å²) in [6, 6.07) is 13.2. The predicted octanol–water partition coefficient (Wildman–Crippen LogP) is 2.01. The number of para-hydroxylation sites is 1. The monoisotopic (exact) mass is 375 g/mol. The van der Waals surface area contributed by atoms with E-state index in [4.69, 9.17) is 9.47 Å². The fourth-order valence-electron chi connectivity index (χ4n) is 3.31. The van der Waals surface area contributed by atoms with Crippen LogP contribution >= 0.6 is 0 Å². The van der Waals surface area contributed by atoms with Crippen LogP contribution < -0.4 is 15.0 Å². The smallest absolute Gasteiger partial charge is 0.261 e. The summed E-state index contributed by atoms with van der Waals surface area (Å²) in [6.07, 6.45) is 3.69. The Morgan fingerprint density at radius 3 is 2.89 bits per heavy atom. The maximum Gasteiger partial charge on any atom is 0.261 e. The summed E-state index contributed by atoms with van der Waals surface area (Å²) in [5.74, 6) is 2.30. The average Bonchev–Trinajstić information content (AvgIpc) is 3.37. The molecule has 0 amide bonds. The first-order valence-corrected chi connectivity index (χ1v) is 8.97. The third-order valence-electron chi connectivity index (χ3n) is 4.77. The van der Waals surface area contributed by atoms with Crippen LogP contribution in [0.15, 0.2) is 59.9 Å². The Labute approximate surface area is 160 Å². The second-order valence-corrected chi connectivity index (χ2v) is 6.53. The summed E-state index contributed by atoms with van der Waals surface area (Å²) in [4.78, 5) is 21.3. The van der Waals surface area contributed by atoms with E-state index in [-0.39, 0.29) is 12.4 Å². The van der Waals surface area contributed by atoms with Gasteiger partial charge in [0.25, 0.3) is 5.56 Å². The molecule has 2 aromatic carbocycles. The molecule has 0 N–H and O–H groups in total. The van der Waals surface area contributed by atoms with Crippen molar-refractivity contribution in [3.63, 3.8) is 0 Å². The Bertz CT molecular complexity index is 1210. The molecule has 0 spiro atoms. The quantitative estimate of drug-likeness (QED) is 0.531. The largest absolute Gasteiger partial charge is 0.454 e. The Kier molecular flexibility index (Phi) is 4.01. The van der Waals surface area contributed by atoms with Gasteiger partial charge in [0.05, 0.1) is 23.8 Å². The van der Waals surface area contributed by atoms with Gasteiger partial charge in [-0.2, -0.15) is 5.10 Å². The van der Waals surface area contributed by atoms with Gasteiger partial charge in [-0.05, 0) is 29.8 Å². The van der Waals surface area contributed by atoms with E-state index in [1.54, 1.807) is 17.0 Å². The molecule has 0 aliphatic carbocycles. The minimum Gasteiger partial charge on any atom is -0.454 e. The van der Waals surface area contributed by atoms with E-state index in [2.05, 4.69) is 15.1 Å². The number of aryl methyl sites for hydroxylation is 2. The van der Waals surface area contributed by atoms with Crippen LogP contribution in [0.25, 0.3) is 10.9 Å². The van der Waals surface area contributed by atoms with E-state index in [1.807, 2.05) is 41.1 Å². The first kappa shape index (κ1) is 16.5. The fraction of sp³-hybridized carbons (Fsp3) is 0.200. The fourth-order valence-corrected chi connectivity index (χ4v) is 3.31. The van der Waals surface area contributed by atoms with Crippen molar-refractivity contribution in [1.82, 2.24) is 24.3 Å². The topological polar surface area (TPSA) is 84.1 Å². The Morgan fingerprint density at radius 2 is 1.93 bits per heavy atom. The maximum atomic E-state index is 12.6. The lowest BCUT2D eigenvalue weighted by atomic mass is 10.2. The molecule has 8 nitrogen and oxygen atoms in total. The second kappa shape index (κ2) is 6.80. The number of rotatable bonds is 5. The molecular weight excluding hydrogens is 358 g/mol. The second-order valence-electron chi connectivity index (χ2n) is 6.53. The molecule has 4 aromatic rings. The van der Waals surface area contributed by atoms with Crippen LogP contribution in [0.3, 0.4) is 0 Å². The van der Waals surface area contributed by atoms with E-state index in [0.29, 0.717) is 30.4 Å². The standard InChI is InChI=1S/C20H17N5O3/c26-20-15-3-1-2-4-16(15)22-12-24(20)8-7-19-21-11-23-25(19)10-14-5-6-17-18(9-14)28-13-27-17/h1-6,9,11-12H,7-8,10,13H2. The van der Waals surface area contributed by atoms with Gasteiger partial charge < -0.3 is 9.47 Å². The lowest BCUT2D eigenvalue weighted by Gasteiger charge is -2.09. The molecule has 0 fully saturated rings. The molecule has 5 rings (SSSR count). The summed E-state index contributed by atoms with van der Waals surface area (Å²) in [5.41, 5.74) is 1.70. The summed E-state index contributed by atoms with van der Waals surface area (Å²) in [7, 11) is 0. The van der Waals surface area contributed by atoms with Crippen molar-refractivity contribution in [3.8, 4) is 11.5 Å². The molecule has 0 radical (unpaired) electrons. The first-order chi connectivity index (χ1) is 13.8. The molecule has 28 heavy (non-hydrogen) atoms. The van der Waals surface area contributed by atoms with Gasteiger partial charge in [0, 0.05) is 13.0 Å². The van der Waals surface area contributed by atoms with Crippen LogP contribution in [0.2, 0.25) is 0 Å². The van der Waals surface area contributed by atoms with Crippen LogP contribution in [0, 0.1) is 0 Å². The number of fused-ring (bicyclic) bond motifs is 2. The van der Waals surface area contributed by atoms with Crippen molar-refractivity contribution in [2.75, 3.05) is 6.79 Å². The van der Waals surface area contributed by atoms with Gasteiger partial charge in [-0.15, -0.1) is 0 Å². The Balaban J connectivity index is 1.34. The highest BCUT2D eigenvalue weighted by Gasteiger charge is 2.14. The van der Waals surface area contributed by atoms with E-state index in [0.717, 1.165) is 22.9 Å². The van der Waals surface area contributed by atoms with E-state index in [1.165, 1.54) is 6.33 Å². The number of benzene rings is 2. The SMILES string of the molecule is O=c1c2ccccc2ncn1CCc1ncnn1Cc1ccc2c(c1)OCO2. The highest BCUT2D eigenvalue weighted by Crippen LogP contribution is 2.32. The molecule has 0 saturated heterocycles. The lowest BCUT2D eigenvalue weighted by Crippen LogP contribution is -2.22. The van der Waals surface area contributed by atoms with Gasteiger partial charge in [-0.3, -0.25) is 9.36 Å². The zero-order valence-electron chi connectivity index (χ0n) is 15.0. The van der Waals surface area contributed by atoms with Gasteiger partial charge in [-0.25, -0.2) is 14.6 Å². The van der Waals surface area contributed by atoms with Crippen molar-refractivity contribution in [1.29, 1.82) is 0 Å². The molecule has 8 heteroatoms. The molecule has 2 aromatic heterocycles. The van der Waals surface area contributed by atoms with Gasteiger partial charge in [0.15, 0.2) is 11.5 Å². The van der Waals surface area contributed by atoms with Gasteiger partial charge >= 0.3 is 0 Å². The summed E-state index contributed by atoms with van der Waals surface area (Å²) >= 11 is 0. The van der Waals surface area contributed by atoms with Crippen molar-refractivity contribution < 1.29 is 9.47 Å². The summed E-state index contributed by atoms with van der Waals surface area (Å²) < 4.78 is 14.2. The summed E-state index contributed by atoms with van der Waals surface area (Å²) in [6.45, 7) is 1.30. The van der Waals surface area contributed by atoms with Crippen LogP contribution in [0.4, 0.5) is 0 Å². The zero-order valence-corrected chi connectivity index (χ0v) is 15.0. The van der Waals surface area contributed by atoms with Crippen molar-refractivity contribution in [3.05, 3.63) is 76.9 Å². The minimum atomic E-state index is -0.0487. The number of hydrogen-bond acceptors (Lipinski definition) is 6. The Hall–Kier alpha value is -3.68. The summed E-state index contributed by atoms with van der Waals surface area (Å²) in [5, 5.41) is 4.94. The van der Waals surface area contributed by atoms with Gasteiger partial charge in [-0.1, -0.05) is 18.2 Å². The van der Waals surface area contributed by atoms with Crippen molar-refractivity contribution >= 4 is 10.9 Å².